The molecular weight excluding hydrogens is 274 g/mol. The molecule has 0 saturated carbocycles. The molecule has 0 aromatic carbocycles. The third-order valence-corrected chi connectivity index (χ3v) is 3.52. The van der Waals surface area contributed by atoms with E-state index in [1.807, 2.05) is 13.1 Å². The quantitative estimate of drug-likeness (QED) is 0.774. The molecule has 1 N–H and O–H groups in total. The van der Waals surface area contributed by atoms with Crippen LogP contribution in [0.1, 0.15) is 11.7 Å². The summed E-state index contributed by atoms with van der Waals surface area (Å²) in [7, 11) is 5.11. The Morgan fingerprint density at radius 1 is 1.48 bits per heavy atom. The predicted molar refractivity (Wildman–Crippen MR) is 75.6 cm³/mol. The van der Waals surface area contributed by atoms with Gasteiger partial charge in [-0.15, -0.1) is 0 Å². The maximum atomic E-state index is 12.1. The number of hydrogen-bond donors (Lipinski definition) is 1. The molecule has 1 aromatic rings. The molecule has 0 radical (unpaired) electrons. The van der Waals surface area contributed by atoms with E-state index >= 15 is 0 Å². The maximum Gasteiger partial charge on any atom is 0.320 e. The Labute approximate surface area is 123 Å². The lowest BCUT2D eigenvalue weighted by molar-refractivity contribution is -0.122. The number of methoxy groups -OCH3 is 1. The van der Waals surface area contributed by atoms with Gasteiger partial charge in [-0.2, -0.15) is 5.10 Å². The third kappa shape index (κ3) is 3.52. The van der Waals surface area contributed by atoms with E-state index in [-0.39, 0.29) is 24.5 Å². The molecule has 8 heteroatoms. The van der Waals surface area contributed by atoms with Crippen molar-refractivity contribution in [2.24, 2.45) is 7.05 Å². The summed E-state index contributed by atoms with van der Waals surface area (Å²) >= 11 is 0. The molecule has 116 valence electrons. The first-order valence-electron chi connectivity index (χ1n) is 6.79. The first kappa shape index (κ1) is 15.3. The minimum atomic E-state index is -0.287. The lowest BCUT2D eigenvalue weighted by atomic mass is 10.2. The number of aryl methyl sites for hydroxylation is 1. The van der Waals surface area contributed by atoms with Gasteiger partial charge < -0.3 is 19.9 Å². The summed E-state index contributed by atoms with van der Waals surface area (Å²) in [5.74, 6) is -0.207. The topological polar surface area (TPSA) is 79.7 Å². The summed E-state index contributed by atoms with van der Waals surface area (Å²) in [6.07, 6.45) is 1.67. The molecule has 1 aliphatic heterocycles. The fourth-order valence-electron chi connectivity index (χ4n) is 2.36. The number of nitrogens with one attached hydrogen (secondary N) is 1. The number of urea groups is 1. The molecule has 2 rings (SSSR count). The van der Waals surface area contributed by atoms with Crippen LogP contribution in [0.5, 0.6) is 0 Å². The zero-order valence-corrected chi connectivity index (χ0v) is 12.6. The minimum absolute atomic E-state index is 0.0568. The molecule has 1 aromatic heterocycles. The zero-order chi connectivity index (χ0) is 15.4. The number of carbonyl (C=O) groups is 2. The number of likely N-dealkylation sites (N-methyl/N-ethyl adjacent to an activating group) is 1. The number of rotatable bonds is 6. The van der Waals surface area contributed by atoms with Crippen LogP contribution in [0.3, 0.4) is 0 Å². The number of hydrogen-bond acceptors (Lipinski definition) is 4. The highest BCUT2D eigenvalue weighted by molar-refractivity contribution is 5.85. The molecule has 0 aliphatic carbocycles. The average Bonchev–Trinajstić information content (AvgIpc) is 2.99. The molecule has 0 bridgehead atoms. The number of ether oxygens (including phenoxy) is 1. The van der Waals surface area contributed by atoms with Gasteiger partial charge in [-0.1, -0.05) is 0 Å². The second-order valence-corrected chi connectivity index (χ2v) is 5.08. The van der Waals surface area contributed by atoms with Gasteiger partial charge in [-0.25, -0.2) is 4.79 Å². The van der Waals surface area contributed by atoms with E-state index in [4.69, 9.17) is 4.74 Å². The van der Waals surface area contributed by atoms with Crippen LogP contribution in [0.15, 0.2) is 12.3 Å². The molecule has 1 saturated heterocycles. The van der Waals surface area contributed by atoms with Crippen LogP contribution in [0, 0.1) is 0 Å². The number of carbonyl (C=O) groups excluding carboxylic acids is 2. The fraction of sp³-hybridized carbons (Fsp3) is 0.615. The van der Waals surface area contributed by atoms with Gasteiger partial charge in [0.2, 0.25) is 5.91 Å². The summed E-state index contributed by atoms with van der Waals surface area (Å²) in [6.45, 7) is 1.62. The Morgan fingerprint density at radius 3 is 2.76 bits per heavy atom. The van der Waals surface area contributed by atoms with Crippen molar-refractivity contribution in [2.75, 3.05) is 40.4 Å². The van der Waals surface area contributed by atoms with Crippen LogP contribution in [-0.4, -0.2) is 71.9 Å². The summed E-state index contributed by atoms with van der Waals surface area (Å²) in [6, 6.07) is 1.43. The third-order valence-electron chi connectivity index (χ3n) is 3.52. The van der Waals surface area contributed by atoms with E-state index in [2.05, 4.69) is 10.4 Å². The van der Waals surface area contributed by atoms with E-state index in [9.17, 15) is 9.59 Å². The van der Waals surface area contributed by atoms with Crippen molar-refractivity contribution in [2.45, 2.75) is 6.04 Å². The van der Waals surface area contributed by atoms with Crippen molar-refractivity contribution in [3.05, 3.63) is 18.0 Å². The molecule has 1 fully saturated rings. The molecule has 2 heterocycles. The van der Waals surface area contributed by atoms with Gasteiger partial charge in [0.25, 0.3) is 0 Å². The van der Waals surface area contributed by atoms with Gasteiger partial charge >= 0.3 is 6.03 Å². The largest absolute Gasteiger partial charge is 0.382 e. The van der Waals surface area contributed by atoms with E-state index in [1.54, 1.807) is 29.9 Å². The summed E-state index contributed by atoms with van der Waals surface area (Å²) < 4.78 is 6.84. The predicted octanol–water partition coefficient (Wildman–Crippen LogP) is -0.409. The van der Waals surface area contributed by atoms with Crippen molar-refractivity contribution in [3.8, 4) is 0 Å². The lowest BCUT2D eigenvalue weighted by Gasteiger charge is -2.21. The Hall–Kier alpha value is -2.09. The van der Waals surface area contributed by atoms with E-state index in [0.29, 0.717) is 19.7 Å². The highest BCUT2D eigenvalue weighted by atomic mass is 16.5. The van der Waals surface area contributed by atoms with Crippen molar-refractivity contribution >= 4 is 11.9 Å². The smallest absolute Gasteiger partial charge is 0.320 e. The normalized spacial score (nSPS) is 16.4. The van der Waals surface area contributed by atoms with Gasteiger partial charge in [0.1, 0.15) is 6.54 Å². The summed E-state index contributed by atoms with van der Waals surface area (Å²) in [5, 5.41) is 6.98. The van der Waals surface area contributed by atoms with Gasteiger partial charge in [0, 0.05) is 40.5 Å². The number of aromatic nitrogens is 2. The molecule has 1 aliphatic rings. The van der Waals surface area contributed by atoms with Gasteiger partial charge in [0.15, 0.2) is 0 Å². The van der Waals surface area contributed by atoms with E-state index in [1.165, 1.54) is 4.90 Å². The van der Waals surface area contributed by atoms with Crippen molar-refractivity contribution < 1.29 is 14.3 Å². The summed E-state index contributed by atoms with van der Waals surface area (Å²) in [5.41, 5.74) is 0.857. The van der Waals surface area contributed by atoms with Crippen molar-refractivity contribution in [1.82, 2.24) is 24.9 Å². The molecule has 0 unspecified atom stereocenters. The monoisotopic (exact) mass is 295 g/mol. The van der Waals surface area contributed by atoms with E-state index < -0.39 is 0 Å². The average molecular weight is 295 g/mol. The second-order valence-electron chi connectivity index (χ2n) is 5.08. The highest BCUT2D eigenvalue weighted by Crippen LogP contribution is 2.12. The van der Waals surface area contributed by atoms with Gasteiger partial charge in [-0.05, 0) is 6.07 Å². The number of nitrogens with zero attached hydrogens (tertiary/aromatic N) is 4. The first-order valence-corrected chi connectivity index (χ1v) is 6.79. The fourth-order valence-corrected chi connectivity index (χ4v) is 2.36. The molecule has 21 heavy (non-hydrogen) atoms. The lowest BCUT2D eigenvalue weighted by Crippen LogP contribution is -2.41. The van der Waals surface area contributed by atoms with Crippen LogP contribution >= 0.6 is 0 Å². The van der Waals surface area contributed by atoms with Gasteiger partial charge in [-0.3, -0.25) is 9.48 Å². The Morgan fingerprint density at radius 2 is 2.24 bits per heavy atom. The standard InChI is InChI=1S/C13H21N5O3/c1-16-6-7-18(13(16)20)8-12(19)15-10(9-21-3)11-4-5-14-17(11)2/h4-5,10H,6-9H2,1-3H3,(H,15,19)/t10-/m0/s1. The Bertz CT molecular complexity index is 516. The molecule has 0 spiro atoms. The van der Waals surface area contributed by atoms with Gasteiger partial charge in [0.05, 0.1) is 18.3 Å². The Kier molecular flexibility index (Phi) is 4.79. The van der Waals surface area contributed by atoms with Crippen LogP contribution in [0.4, 0.5) is 4.79 Å². The Balaban J connectivity index is 1.96. The van der Waals surface area contributed by atoms with Crippen LogP contribution in [0.25, 0.3) is 0 Å². The number of amides is 3. The van der Waals surface area contributed by atoms with E-state index in [0.717, 1.165) is 5.69 Å². The van der Waals surface area contributed by atoms with Crippen LogP contribution in [0.2, 0.25) is 0 Å². The minimum Gasteiger partial charge on any atom is -0.382 e. The summed E-state index contributed by atoms with van der Waals surface area (Å²) in [4.78, 5) is 27.0. The van der Waals surface area contributed by atoms with Crippen LogP contribution in [-0.2, 0) is 16.6 Å². The molecular formula is C13H21N5O3. The molecule has 8 nitrogen and oxygen atoms in total. The van der Waals surface area contributed by atoms with Crippen molar-refractivity contribution in [3.63, 3.8) is 0 Å². The molecule has 1 atom stereocenters. The van der Waals surface area contributed by atoms with Crippen LogP contribution < -0.4 is 5.32 Å². The maximum absolute atomic E-state index is 12.1. The van der Waals surface area contributed by atoms with Crippen molar-refractivity contribution in [1.29, 1.82) is 0 Å². The second kappa shape index (κ2) is 6.57. The molecule has 3 amide bonds. The first-order chi connectivity index (χ1) is 10.0. The zero-order valence-electron chi connectivity index (χ0n) is 12.6. The highest BCUT2D eigenvalue weighted by Gasteiger charge is 2.28. The SMILES string of the molecule is COC[C@H](NC(=O)CN1CCN(C)C1=O)c1ccnn1C.